The van der Waals surface area contributed by atoms with Crippen molar-refractivity contribution in [1.82, 2.24) is 9.97 Å². The molecular formula is C9H14IN3O. The highest BCUT2D eigenvalue weighted by atomic mass is 127. The molecule has 0 bridgehead atoms. The Morgan fingerprint density at radius 1 is 1.43 bits per heavy atom. The summed E-state index contributed by atoms with van der Waals surface area (Å²) in [5.74, 6) is 1.36. The van der Waals surface area contributed by atoms with Crippen molar-refractivity contribution in [3.05, 3.63) is 15.1 Å². The molecule has 0 unspecified atom stereocenters. The minimum absolute atomic E-state index is 0.488. The molecule has 0 aliphatic rings. The fourth-order valence-electron chi connectivity index (χ4n) is 1.13. The second kappa shape index (κ2) is 5.45. The molecule has 0 saturated carbocycles. The van der Waals surface area contributed by atoms with Crippen LogP contribution in [0.15, 0.2) is 0 Å². The lowest BCUT2D eigenvalue weighted by molar-refractivity contribution is 0.180. The molecule has 0 atom stereocenters. The van der Waals surface area contributed by atoms with Gasteiger partial charge in [-0.3, -0.25) is 0 Å². The second-order valence-electron chi connectivity index (χ2n) is 2.97. The van der Waals surface area contributed by atoms with Crippen molar-refractivity contribution < 1.29 is 4.74 Å². The lowest BCUT2D eigenvalue weighted by Gasteiger charge is -2.07. The third-order valence-corrected chi connectivity index (χ3v) is 2.92. The number of anilines is 1. The van der Waals surface area contributed by atoms with Gasteiger partial charge in [0.2, 0.25) is 0 Å². The van der Waals surface area contributed by atoms with Crippen molar-refractivity contribution >= 4 is 28.4 Å². The number of nitrogen functional groups attached to an aromatic ring is 1. The van der Waals surface area contributed by atoms with Crippen molar-refractivity contribution in [2.45, 2.75) is 26.4 Å². The number of nitrogens with two attached hydrogens (primary N) is 1. The summed E-state index contributed by atoms with van der Waals surface area (Å²) in [5, 5.41) is 0. The highest BCUT2D eigenvalue weighted by molar-refractivity contribution is 14.1. The van der Waals surface area contributed by atoms with Gasteiger partial charge in [0, 0.05) is 13.5 Å². The highest BCUT2D eigenvalue weighted by Crippen LogP contribution is 2.17. The smallest absolute Gasteiger partial charge is 0.140 e. The Kier molecular flexibility index (Phi) is 4.53. The highest BCUT2D eigenvalue weighted by Gasteiger charge is 2.08. The fraction of sp³-hybridized carbons (Fsp3) is 0.556. The van der Waals surface area contributed by atoms with Gasteiger partial charge in [0.25, 0.3) is 0 Å². The number of methoxy groups -OCH3 is 1. The zero-order valence-corrected chi connectivity index (χ0v) is 10.5. The summed E-state index contributed by atoms with van der Waals surface area (Å²) >= 11 is 2.14. The standard InChI is InChI=1S/C9H14IN3O/c1-3-4-7-12-6(5-14-2)8(10)9(11)13-7/h3-5H2,1-2H3,(H2,11,12,13). The van der Waals surface area contributed by atoms with Crippen LogP contribution in [0.25, 0.3) is 0 Å². The van der Waals surface area contributed by atoms with E-state index in [1.165, 1.54) is 0 Å². The average Bonchev–Trinajstić information content (AvgIpc) is 2.14. The van der Waals surface area contributed by atoms with Crippen LogP contribution in [0.3, 0.4) is 0 Å². The minimum Gasteiger partial charge on any atom is -0.383 e. The molecule has 0 amide bonds. The van der Waals surface area contributed by atoms with Crippen molar-refractivity contribution in [2.24, 2.45) is 0 Å². The predicted molar refractivity (Wildman–Crippen MR) is 63.9 cm³/mol. The minimum atomic E-state index is 0.488. The summed E-state index contributed by atoms with van der Waals surface area (Å²) in [6.45, 7) is 2.58. The Morgan fingerprint density at radius 2 is 2.14 bits per heavy atom. The number of rotatable bonds is 4. The number of hydrogen-bond acceptors (Lipinski definition) is 4. The van der Waals surface area contributed by atoms with Crippen molar-refractivity contribution in [2.75, 3.05) is 12.8 Å². The zero-order valence-electron chi connectivity index (χ0n) is 8.38. The first kappa shape index (κ1) is 11.6. The lowest BCUT2D eigenvalue weighted by atomic mass is 10.3. The molecule has 0 radical (unpaired) electrons. The van der Waals surface area contributed by atoms with Crippen LogP contribution in [0.2, 0.25) is 0 Å². The topological polar surface area (TPSA) is 61.0 Å². The largest absolute Gasteiger partial charge is 0.383 e. The first-order valence-corrected chi connectivity index (χ1v) is 5.56. The van der Waals surface area contributed by atoms with E-state index in [9.17, 15) is 0 Å². The molecule has 1 aromatic heterocycles. The first-order valence-electron chi connectivity index (χ1n) is 4.48. The first-order chi connectivity index (χ1) is 6.69. The Morgan fingerprint density at radius 3 is 2.71 bits per heavy atom. The fourth-order valence-corrected chi connectivity index (χ4v) is 1.53. The molecule has 5 heteroatoms. The molecule has 1 rings (SSSR count). The third kappa shape index (κ3) is 2.78. The molecule has 0 fully saturated rings. The van der Waals surface area contributed by atoms with Crippen molar-refractivity contribution in [3.63, 3.8) is 0 Å². The summed E-state index contributed by atoms with van der Waals surface area (Å²) in [6, 6.07) is 0. The summed E-state index contributed by atoms with van der Waals surface area (Å²) in [5.41, 5.74) is 6.65. The van der Waals surface area contributed by atoms with Crippen molar-refractivity contribution in [3.8, 4) is 0 Å². The van der Waals surface area contributed by atoms with Crippen LogP contribution in [0.5, 0.6) is 0 Å². The van der Waals surface area contributed by atoms with Gasteiger partial charge in [-0.1, -0.05) is 6.92 Å². The zero-order chi connectivity index (χ0) is 10.6. The molecule has 14 heavy (non-hydrogen) atoms. The summed E-state index contributed by atoms with van der Waals surface area (Å²) < 4.78 is 5.94. The van der Waals surface area contributed by atoms with E-state index >= 15 is 0 Å². The van der Waals surface area contributed by atoms with E-state index in [4.69, 9.17) is 10.5 Å². The van der Waals surface area contributed by atoms with Crippen LogP contribution in [-0.4, -0.2) is 17.1 Å². The van der Waals surface area contributed by atoms with Gasteiger partial charge >= 0.3 is 0 Å². The van der Waals surface area contributed by atoms with Gasteiger partial charge in [-0.25, -0.2) is 9.97 Å². The van der Waals surface area contributed by atoms with Crippen LogP contribution in [-0.2, 0) is 17.8 Å². The molecule has 0 aliphatic carbocycles. The molecule has 1 aromatic rings. The summed E-state index contributed by atoms with van der Waals surface area (Å²) in [4.78, 5) is 8.60. The van der Waals surface area contributed by atoms with Gasteiger partial charge in [-0.05, 0) is 29.0 Å². The van der Waals surface area contributed by atoms with Crippen LogP contribution in [0.4, 0.5) is 5.82 Å². The third-order valence-electron chi connectivity index (χ3n) is 1.75. The van der Waals surface area contributed by atoms with Gasteiger partial charge in [0.05, 0.1) is 15.9 Å². The Hall–Kier alpha value is -0.430. The van der Waals surface area contributed by atoms with E-state index < -0.39 is 0 Å². The maximum Gasteiger partial charge on any atom is 0.140 e. The molecule has 0 aromatic carbocycles. The van der Waals surface area contributed by atoms with Crippen LogP contribution >= 0.6 is 22.6 Å². The normalized spacial score (nSPS) is 10.5. The van der Waals surface area contributed by atoms with E-state index in [2.05, 4.69) is 39.5 Å². The van der Waals surface area contributed by atoms with Gasteiger partial charge in [0.15, 0.2) is 0 Å². The van der Waals surface area contributed by atoms with Crippen LogP contribution in [0.1, 0.15) is 24.9 Å². The number of ether oxygens (including phenoxy) is 1. The SMILES string of the molecule is CCCc1nc(N)c(I)c(COC)n1. The molecule has 1 heterocycles. The molecule has 78 valence electrons. The van der Waals surface area contributed by atoms with Crippen molar-refractivity contribution in [1.29, 1.82) is 0 Å². The van der Waals surface area contributed by atoms with E-state index in [1.807, 2.05) is 0 Å². The Balaban J connectivity index is 3.01. The molecule has 0 aliphatic heterocycles. The number of aromatic nitrogens is 2. The average molecular weight is 307 g/mol. The number of hydrogen-bond donors (Lipinski definition) is 1. The van der Waals surface area contributed by atoms with E-state index in [-0.39, 0.29) is 0 Å². The van der Waals surface area contributed by atoms with Crippen LogP contribution in [0, 0.1) is 3.57 Å². The van der Waals surface area contributed by atoms with Crippen LogP contribution < -0.4 is 5.73 Å². The quantitative estimate of drug-likeness (QED) is 0.861. The predicted octanol–water partition coefficient (Wildman–Crippen LogP) is 1.76. The van der Waals surface area contributed by atoms with E-state index in [1.54, 1.807) is 7.11 Å². The summed E-state index contributed by atoms with van der Waals surface area (Å²) in [6.07, 6.45) is 1.88. The van der Waals surface area contributed by atoms with E-state index in [0.29, 0.717) is 12.4 Å². The maximum atomic E-state index is 5.77. The maximum absolute atomic E-state index is 5.77. The van der Waals surface area contributed by atoms with Gasteiger partial charge < -0.3 is 10.5 Å². The van der Waals surface area contributed by atoms with Gasteiger partial charge in [0.1, 0.15) is 11.6 Å². The number of aryl methyl sites for hydroxylation is 1. The van der Waals surface area contributed by atoms with E-state index in [0.717, 1.165) is 27.9 Å². The Bertz CT molecular complexity index is 317. The number of nitrogens with zero attached hydrogens (tertiary/aromatic N) is 2. The molecule has 0 spiro atoms. The Labute approximate surface area is 97.4 Å². The van der Waals surface area contributed by atoms with Gasteiger partial charge in [-0.2, -0.15) is 0 Å². The monoisotopic (exact) mass is 307 g/mol. The lowest BCUT2D eigenvalue weighted by Crippen LogP contribution is -2.07. The molecule has 0 saturated heterocycles. The molecule has 4 nitrogen and oxygen atoms in total. The second-order valence-corrected chi connectivity index (χ2v) is 4.05. The summed E-state index contributed by atoms with van der Waals surface area (Å²) in [7, 11) is 1.65. The molecular weight excluding hydrogens is 293 g/mol. The van der Waals surface area contributed by atoms with Gasteiger partial charge in [-0.15, -0.1) is 0 Å². The number of halogens is 1. The molecule has 2 N–H and O–H groups in total.